The van der Waals surface area contributed by atoms with E-state index in [4.69, 9.17) is 0 Å². The molecule has 1 atom stereocenters. The minimum absolute atomic E-state index is 0.0974. The number of nitrogens with zero attached hydrogens (tertiary/aromatic N) is 3. The third kappa shape index (κ3) is 7.11. The normalized spacial score (nSPS) is 12.2. The molecule has 7 heteroatoms. The molecule has 0 aliphatic rings. The van der Waals surface area contributed by atoms with Gasteiger partial charge in [-0.2, -0.15) is 0 Å². The van der Waals surface area contributed by atoms with Crippen LogP contribution in [0.2, 0.25) is 0 Å². The Balaban J connectivity index is 1.48. The number of carbonyl (C=O) groups is 1. The Bertz CT molecular complexity index is 1580. The Morgan fingerprint density at radius 1 is 0.829 bits per heavy atom. The van der Waals surface area contributed by atoms with Gasteiger partial charge in [-0.25, -0.2) is 4.39 Å². The standard InChI is InChI=1S/C34H33FN4OS/c1-34(2,3)27-18-14-25(15-19-27)23-41-33-38-37-31(39(33)29-12-8-5-9-13-29)30(22-24-10-6-4-7-11-24)36-32(40)26-16-20-28(35)21-17-26/h4-21,30H,22-23H2,1-3H3,(H,36,40)/t30-/m1/s1. The molecule has 0 aliphatic carbocycles. The van der Waals surface area contributed by atoms with Crippen LogP contribution in [0.15, 0.2) is 114 Å². The van der Waals surface area contributed by atoms with Crippen molar-refractivity contribution in [2.45, 2.75) is 49.6 Å². The summed E-state index contributed by atoms with van der Waals surface area (Å²) in [6.07, 6.45) is 0.512. The fourth-order valence-corrected chi connectivity index (χ4v) is 5.48. The van der Waals surface area contributed by atoms with Crippen LogP contribution in [0.1, 0.15) is 59.7 Å². The quantitative estimate of drug-likeness (QED) is 0.186. The highest BCUT2D eigenvalue weighted by Gasteiger charge is 2.25. The molecule has 0 unspecified atom stereocenters. The van der Waals surface area contributed by atoms with Crippen molar-refractivity contribution in [3.05, 3.63) is 143 Å². The first kappa shape index (κ1) is 28.3. The first-order chi connectivity index (χ1) is 19.8. The van der Waals surface area contributed by atoms with Gasteiger partial charge in [0.25, 0.3) is 5.91 Å². The van der Waals surface area contributed by atoms with E-state index in [0.29, 0.717) is 17.8 Å². The molecule has 5 nitrogen and oxygen atoms in total. The molecule has 0 bridgehead atoms. The molecule has 0 spiro atoms. The van der Waals surface area contributed by atoms with Crippen LogP contribution in [0.25, 0.3) is 5.69 Å². The summed E-state index contributed by atoms with van der Waals surface area (Å²) in [5.41, 5.74) is 4.92. The second-order valence-electron chi connectivity index (χ2n) is 11.0. The lowest BCUT2D eigenvalue weighted by atomic mass is 9.87. The van der Waals surface area contributed by atoms with Crippen LogP contribution in [0, 0.1) is 5.82 Å². The van der Waals surface area contributed by atoms with Crippen molar-refractivity contribution >= 4 is 17.7 Å². The molecular weight excluding hydrogens is 531 g/mol. The second kappa shape index (κ2) is 12.5. The van der Waals surface area contributed by atoms with Crippen LogP contribution in [-0.4, -0.2) is 20.7 Å². The molecule has 0 fully saturated rings. The van der Waals surface area contributed by atoms with Crippen molar-refractivity contribution in [1.82, 2.24) is 20.1 Å². The van der Waals surface area contributed by atoms with Crippen LogP contribution >= 0.6 is 11.8 Å². The predicted molar refractivity (Wildman–Crippen MR) is 163 cm³/mol. The third-order valence-electron chi connectivity index (χ3n) is 6.87. The summed E-state index contributed by atoms with van der Waals surface area (Å²) in [4.78, 5) is 13.3. The van der Waals surface area contributed by atoms with Crippen LogP contribution in [0.5, 0.6) is 0 Å². The predicted octanol–water partition coefficient (Wildman–Crippen LogP) is 7.71. The maximum atomic E-state index is 13.5. The van der Waals surface area contributed by atoms with Gasteiger partial charge in [0.15, 0.2) is 11.0 Å². The molecule has 4 aromatic carbocycles. The molecule has 0 saturated carbocycles. The van der Waals surface area contributed by atoms with Crippen molar-refractivity contribution in [2.24, 2.45) is 0 Å². The van der Waals surface area contributed by atoms with Crippen molar-refractivity contribution in [2.75, 3.05) is 0 Å². The number of carbonyl (C=O) groups excluding carboxylic acids is 1. The number of aromatic nitrogens is 3. The van der Waals surface area contributed by atoms with Crippen LogP contribution in [0.4, 0.5) is 4.39 Å². The third-order valence-corrected chi connectivity index (χ3v) is 7.87. The Morgan fingerprint density at radius 3 is 2.10 bits per heavy atom. The number of hydrogen-bond donors (Lipinski definition) is 1. The zero-order valence-electron chi connectivity index (χ0n) is 23.4. The molecule has 1 N–H and O–H groups in total. The summed E-state index contributed by atoms with van der Waals surface area (Å²) in [6, 6.07) is 33.7. The highest BCUT2D eigenvalue weighted by Crippen LogP contribution is 2.30. The largest absolute Gasteiger partial charge is 0.342 e. The molecule has 0 radical (unpaired) electrons. The van der Waals surface area contributed by atoms with Gasteiger partial charge in [0.05, 0.1) is 6.04 Å². The van der Waals surface area contributed by atoms with E-state index in [1.165, 1.54) is 35.4 Å². The van der Waals surface area contributed by atoms with Gasteiger partial charge in [-0.05, 0) is 64.9 Å². The van der Waals surface area contributed by atoms with E-state index < -0.39 is 6.04 Å². The summed E-state index contributed by atoms with van der Waals surface area (Å²) < 4.78 is 15.5. The summed E-state index contributed by atoms with van der Waals surface area (Å²) in [5.74, 6) is 0.657. The Labute approximate surface area is 244 Å². The molecule has 5 rings (SSSR count). The average Bonchev–Trinajstić information content (AvgIpc) is 3.41. The minimum atomic E-state index is -0.483. The summed E-state index contributed by atoms with van der Waals surface area (Å²) in [5, 5.41) is 13.1. The van der Waals surface area contributed by atoms with Gasteiger partial charge in [0.1, 0.15) is 5.82 Å². The van der Waals surface area contributed by atoms with Crippen LogP contribution in [-0.2, 0) is 17.6 Å². The van der Waals surface area contributed by atoms with Gasteiger partial charge < -0.3 is 5.32 Å². The lowest BCUT2D eigenvalue weighted by Crippen LogP contribution is -2.32. The second-order valence-corrected chi connectivity index (χ2v) is 11.9. The number of nitrogens with one attached hydrogen (secondary N) is 1. The lowest BCUT2D eigenvalue weighted by molar-refractivity contribution is 0.0934. The first-order valence-corrected chi connectivity index (χ1v) is 14.6. The van der Waals surface area contributed by atoms with Crippen molar-refractivity contribution in [3.63, 3.8) is 0 Å². The van der Waals surface area contributed by atoms with Gasteiger partial charge in [-0.1, -0.05) is 105 Å². The zero-order chi connectivity index (χ0) is 28.8. The number of amides is 1. The topological polar surface area (TPSA) is 59.8 Å². The molecule has 1 aromatic heterocycles. The maximum Gasteiger partial charge on any atom is 0.251 e. The zero-order valence-corrected chi connectivity index (χ0v) is 24.2. The Kier molecular flexibility index (Phi) is 8.64. The molecule has 5 aromatic rings. The van der Waals surface area contributed by atoms with Gasteiger partial charge in [0, 0.05) is 17.0 Å². The summed E-state index contributed by atoms with van der Waals surface area (Å²) in [7, 11) is 0. The molecule has 1 amide bonds. The highest BCUT2D eigenvalue weighted by atomic mass is 32.2. The minimum Gasteiger partial charge on any atom is -0.342 e. The van der Waals surface area contributed by atoms with Crippen LogP contribution < -0.4 is 5.32 Å². The average molecular weight is 565 g/mol. The van der Waals surface area contributed by atoms with E-state index in [0.717, 1.165) is 22.2 Å². The van der Waals surface area contributed by atoms with E-state index in [1.807, 2.05) is 65.2 Å². The van der Waals surface area contributed by atoms with Crippen molar-refractivity contribution in [3.8, 4) is 5.69 Å². The van der Waals surface area contributed by atoms with E-state index >= 15 is 0 Å². The SMILES string of the molecule is CC(C)(C)c1ccc(CSc2nnc([C@@H](Cc3ccccc3)NC(=O)c3ccc(F)cc3)n2-c2ccccc2)cc1. The number of benzene rings is 4. The number of rotatable bonds is 9. The van der Waals surface area contributed by atoms with Crippen molar-refractivity contribution < 1.29 is 9.18 Å². The number of para-hydroxylation sites is 1. The van der Waals surface area contributed by atoms with E-state index in [1.54, 1.807) is 11.8 Å². The number of hydrogen-bond acceptors (Lipinski definition) is 4. The van der Waals surface area contributed by atoms with Gasteiger partial charge in [0.2, 0.25) is 0 Å². The molecule has 41 heavy (non-hydrogen) atoms. The van der Waals surface area contributed by atoms with Crippen molar-refractivity contribution in [1.29, 1.82) is 0 Å². The molecule has 1 heterocycles. The van der Waals surface area contributed by atoms with E-state index in [2.05, 4.69) is 60.6 Å². The lowest BCUT2D eigenvalue weighted by Gasteiger charge is -2.20. The molecule has 208 valence electrons. The van der Waals surface area contributed by atoms with Gasteiger partial charge in [-0.15, -0.1) is 10.2 Å². The van der Waals surface area contributed by atoms with Gasteiger partial charge in [-0.3, -0.25) is 9.36 Å². The first-order valence-electron chi connectivity index (χ1n) is 13.6. The van der Waals surface area contributed by atoms with E-state index in [9.17, 15) is 9.18 Å². The molecular formula is C34H33FN4OS. The number of thioether (sulfide) groups is 1. The molecule has 0 saturated heterocycles. The number of halogens is 1. The summed E-state index contributed by atoms with van der Waals surface area (Å²) in [6.45, 7) is 6.63. The van der Waals surface area contributed by atoms with Gasteiger partial charge >= 0.3 is 0 Å². The van der Waals surface area contributed by atoms with Crippen LogP contribution in [0.3, 0.4) is 0 Å². The maximum absolute atomic E-state index is 13.5. The summed E-state index contributed by atoms with van der Waals surface area (Å²) >= 11 is 1.60. The highest BCUT2D eigenvalue weighted by molar-refractivity contribution is 7.98. The fourth-order valence-electron chi connectivity index (χ4n) is 4.57. The Morgan fingerprint density at radius 2 is 1.46 bits per heavy atom. The molecule has 0 aliphatic heterocycles. The van der Waals surface area contributed by atoms with E-state index in [-0.39, 0.29) is 17.1 Å². The fraction of sp³-hybridized carbons (Fsp3) is 0.206. The monoisotopic (exact) mass is 564 g/mol. The Hall–Kier alpha value is -4.23. The smallest absolute Gasteiger partial charge is 0.251 e.